The van der Waals surface area contributed by atoms with Crippen LogP contribution in [-0.4, -0.2) is 63.8 Å². The Hall–Kier alpha value is -1.56. The number of aliphatic carboxylic acids is 1. The molecule has 0 spiro atoms. The fraction of sp³-hybridized carbons (Fsp3) is 0.636. The molecule has 2 amide bonds. The van der Waals surface area contributed by atoms with Gasteiger partial charge >= 0.3 is 12.0 Å². The summed E-state index contributed by atoms with van der Waals surface area (Å²) in [4.78, 5) is 26.0. The van der Waals surface area contributed by atoms with Crippen LogP contribution in [0.5, 0.6) is 0 Å². The standard InChI is InChI=1S/C11H16N2O4/c14-8-6-9(10(15)16)13(7-8)11(17)12-4-2-1-3-5-12/h1-2,8-9,14H,3-7H2,(H,15,16)/t8?,9-/m0/s1. The lowest BCUT2D eigenvalue weighted by molar-refractivity contribution is -0.141. The molecule has 0 aliphatic carbocycles. The number of carbonyl (C=O) groups is 2. The molecule has 0 saturated carbocycles. The molecular formula is C11H16N2O4. The summed E-state index contributed by atoms with van der Waals surface area (Å²) in [6.45, 7) is 1.22. The zero-order valence-electron chi connectivity index (χ0n) is 9.45. The lowest BCUT2D eigenvalue weighted by atomic mass is 10.2. The molecule has 2 atom stereocenters. The van der Waals surface area contributed by atoms with Crippen molar-refractivity contribution in [3.63, 3.8) is 0 Å². The van der Waals surface area contributed by atoms with Crippen molar-refractivity contribution in [3.8, 4) is 0 Å². The molecule has 2 N–H and O–H groups in total. The molecule has 94 valence electrons. The van der Waals surface area contributed by atoms with Crippen molar-refractivity contribution >= 4 is 12.0 Å². The number of hydrogen-bond donors (Lipinski definition) is 2. The minimum Gasteiger partial charge on any atom is -0.480 e. The number of aliphatic hydroxyl groups excluding tert-OH is 1. The number of carbonyl (C=O) groups excluding carboxylic acids is 1. The van der Waals surface area contributed by atoms with Gasteiger partial charge in [-0.05, 0) is 6.42 Å². The topological polar surface area (TPSA) is 81.1 Å². The first-order valence-corrected chi connectivity index (χ1v) is 5.71. The Morgan fingerprint density at radius 3 is 2.65 bits per heavy atom. The van der Waals surface area contributed by atoms with Crippen LogP contribution in [0.4, 0.5) is 4.79 Å². The second-order valence-electron chi connectivity index (χ2n) is 4.38. The van der Waals surface area contributed by atoms with E-state index < -0.39 is 18.1 Å². The number of hydrogen-bond acceptors (Lipinski definition) is 3. The lowest BCUT2D eigenvalue weighted by Gasteiger charge is -2.30. The van der Waals surface area contributed by atoms with Gasteiger partial charge in [0.15, 0.2) is 0 Å². The van der Waals surface area contributed by atoms with Crippen LogP contribution < -0.4 is 0 Å². The SMILES string of the molecule is O=C(O)[C@@H]1CC(O)CN1C(=O)N1CC=CCC1. The van der Waals surface area contributed by atoms with Crippen molar-refractivity contribution in [2.45, 2.75) is 25.0 Å². The number of β-amino-alcohol motifs (C(OH)–C–C–N with tert-alkyl or cyclic N) is 1. The van der Waals surface area contributed by atoms with Crippen molar-refractivity contribution < 1.29 is 19.8 Å². The van der Waals surface area contributed by atoms with Gasteiger partial charge in [0.25, 0.3) is 0 Å². The normalized spacial score (nSPS) is 28.5. The average Bonchev–Trinajstić information content (AvgIpc) is 2.72. The summed E-state index contributed by atoms with van der Waals surface area (Å²) >= 11 is 0. The van der Waals surface area contributed by atoms with Gasteiger partial charge in [0, 0.05) is 26.1 Å². The van der Waals surface area contributed by atoms with E-state index in [1.165, 1.54) is 4.90 Å². The molecule has 0 bridgehead atoms. The van der Waals surface area contributed by atoms with Gasteiger partial charge in [-0.2, -0.15) is 0 Å². The quantitative estimate of drug-likeness (QED) is 0.626. The summed E-state index contributed by atoms with van der Waals surface area (Å²) in [5.41, 5.74) is 0. The van der Waals surface area contributed by atoms with Gasteiger partial charge in [-0.15, -0.1) is 0 Å². The molecular weight excluding hydrogens is 224 g/mol. The molecule has 1 unspecified atom stereocenters. The number of amides is 2. The van der Waals surface area contributed by atoms with Crippen molar-refractivity contribution in [1.29, 1.82) is 0 Å². The van der Waals surface area contributed by atoms with Gasteiger partial charge in [-0.1, -0.05) is 12.2 Å². The van der Waals surface area contributed by atoms with Crippen LogP contribution in [0.1, 0.15) is 12.8 Å². The highest BCUT2D eigenvalue weighted by Crippen LogP contribution is 2.20. The van der Waals surface area contributed by atoms with Crippen LogP contribution in [0.2, 0.25) is 0 Å². The molecule has 0 aromatic rings. The molecule has 1 saturated heterocycles. The predicted octanol–water partition coefficient (Wildman–Crippen LogP) is -0.112. The minimum absolute atomic E-state index is 0.107. The minimum atomic E-state index is -1.05. The van der Waals surface area contributed by atoms with Crippen molar-refractivity contribution in [2.24, 2.45) is 0 Å². The predicted molar refractivity (Wildman–Crippen MR) is 59.5 cm³/mol. The number of aliphatic hydroxyl groups is 1. The largest absolute Gasteiger partial charge is 0.480 e. The van der Waals surface area contributed by atoms with Crippen LogP contribution in [0.3, 0.4) is 0 Å². The molecule has 1 fully saturated rings. The van der Waals surface area contributed by atoms with Gasteiger partial charge in [0.05, 0.1) is 6.10 Å². The van der Waals surface area contributed by atoms with Crippen molar-refractivity contribution in [2.75, 3.05) is 19.6 Å². The molecule has 2 rings (SSSR count). The monoisotopic (exact) mass is 240 g/mol. The average molecular weight is 240 g/mol. The zero-order valence-corrected chi connectivity index (χ0v) is 9.45. The molecule has 2 aliphatic heterocycles. The highest BCUT2D eigenvalue weighted by atomic mass is 16.4. The van der Waals surface area contributed by atoms with Crippen LogP contribution in [0.25, 0.3) is 0 Å². The van der Waals surface area contributed by atoms with E-state index in [1.807, 2.05) is 12.2 Å². The third-order valence-electron chi connectivity index (χ3n) is 3.14. The molecule has 17 heavy (non-hydrogen) atoms. The summed E-state index contributed by atoms with van der Waals surface area (Å²) in [6, 6.07) is -1.19. The Balaban J connectivity index is 2.07. The van der Waals surface area contributed by atoms with Gasteiger partial charge in [0.2, 0.25) is 0 Å². The van der Waals surface area contributed by atoms with Gasteiger partial charge in [-0.25, -0.2) is 9.59 Å². The van der Waals surface area contributed by atoms with Gasteiger partial charge in [0.1, 0.15) is 6.04 Å². The van der Waals surface area contributed by atoms with E-state index in [9.17, 15) is 14.7 Å². The van der Waals surface area contributed by atoms with Crippen LogP contribution in [0.15, 0.2) is 12.2 Å². The smallest absolute Gasteiger partial charge is 0.326 e. The second kappa shape index (κ2) is 4.75. The van der Waals surface area contributed by atoms with Crippen LogP contribution in [0, 0.1) is 0 Å². The highest BCUT2D eigenvalue weighted by Gasteiger charge is 2.40. The number of nitrogens with zero attached hydrogens (tertiary/aromatic N) is 2. The Morgan fingerprint density at radius 1 is 1.29 bits per heavy atom. The van der Waals surface area contributed by atoms with E-state index >= 15 is 0 Å². The first kappa shape index (κ1) is 11.9. The van der Waals surface area contributed by atoms with E-state index in [0.29, 0.717) is 13.1 Å². The number of carboxylic acid groups (broad SMARTS) is 1. The number of carboxylic acids is 1. The first-order valence-electron chi connectivity index (χ1n) is 5.71. The highest BCUT2D eigenvalue weighted by molar-refractivity contribution is 5.83. The first-order chi connectivity index (χ1) is 8.09. The third kappa shape index (κ3) is 2.41. The third-order valence-corrected chi connectivity index (χ3v) is 3.14. The summed E-state index contributed by atoms with van der Waals surface area (Å²) < 4.78 is 0. The molecule has 6 heteroatoms. The molecule has 0 radical (unpaired) electrons. The Bertz CT molecular complexity index is 355. The Morgan fingerprint density at radius 2 is 2.06 bits per heavy atom. The van der Waals surface area contributed by atoms with Gasteiger partial charge < -0.3 is 20.0 Å². The van der Waals surface area contributed by atoms with Gasteiger partial charge in [-0.3, -0.25) is 0 Å². The summed E-state index contributed by atoms with van der Waals surface area (Å²) in [5.74, 6) is -1.05. The molecule has 2 aliphatic rings. The molecule has 2 heterocycles. The Labute approximate surface area is 99.1 Å². The van der Waals surface area contributed by atoms with Crippen molar-refractivity contribution in [1.82, 2.24) is 9.80 Å². The molecule has 0 aromatic carbocycles. The van der Waals surface area contributed by atoms with E-state index in [4.69, 9.17) is 5.11 Å². The Kier molecular flexibility index (Phi) is 3.33. The van der Waals surface area contributed by atoms with E-state index in [0.717, 1.165) is 6.42 Å². The molecule has 0 aromatic heterocycles. The van der Waals surface area contributed by atoms with E-state index in [1.54, 1.807) is 4.90 Å². The molecule has 6 nitrogen and oxygen atoms in total. The zero-order chi connectivity index (χ0) is 12.4. The summed E-state index contributed by atoms with van der Waals surface area (Å²) in [6.07, 6.45) is 4.06. The summed E-state index contributed by atoms with van der Waals surface area (Å²) in [7, 11) is 0. The van der Waals surface area contributed by atoms with E-state index in [-0.39, 0.29) is 19.0 Å². The number of rotatable bonds is 1. The fourth-order valence-electron chi connectivity index (χ4n) is 2.26. The fourth-order valence-corrected chi connectivity index (χ4v) is 2.26. The number of likely N-dealkylation sites (tertiary alicyclic amines) is 1. The summed E-state index contributed by atoms with van der Waals surface area (Å²) in [5, 5.41) is 18.5. The maximum absolute atomic E-state index is 12.1. The van der Waals surface area contributed by atoms with E-state index in [2.05, 4.69) is 0 Å². The van der Waals surface area contributed by atoms with Crippen LogP contribution >= 0.6 is 0 Å². The lowest BCUT2D eigenvalue weighted by Crippen LogP contribution is -2.49. The second-order valence-corrected chi connectivity index (χ2v) is 4.38. The maximum atomic E-state index is 12.1. The maximum Gasteiger partial charge on any atom is 0.326 e. The van der Waals surface area contributed by atoms with Crippen LogP contribution in [-0.2, 0) is 4.79 Å². The van der Waals surface area contributed by atoms with Crippen molar-refractivity contribution in [3.05, 3.63) is 12.2 Å². The number of urea groups is 1.